The maximum atomic E-state index is 13.3. The molecule has 6 nitrogen and oxygen atoms in total. The Morgan fingerprint density at radius 1 is 1.11 bits per heavy atom. The summed E-state index contributed by atoms with van der Waals surface area (Å²) in [6.07, 6.45) is 1.02. The van der Waals surface area contributed by atoms with Crippen LogP contribution in [0, 0.1) is 5.82 Å². The van der Waals surface area contributed by atoms with E-state index in [4.69, 9.17) is 0 Å². The minimum Gasteiger partial charge on any atom is -0.466 e. The van der Waals surface area contributed by atoms with Gasteiger partial charge in [-0.05, 0) is 42.5 Å². The van der Waals surface area contributed by atoms with Gasteiger partial charge in [-0.15, -0.1) is 11.3 Å². The molecule has 1 aromatic heterocycles. The van der Waals surface area contributed by atoms with Crippen LogP contribution in [0.3, 0.4) is 0 Å². The van der Waals surface area contributed by atoms with Gasteiger partial charge in [-0.2, -0.15) is 0 Å². The Kier molecular flexibility index (Phi) is 5.46. The number of nitrogens with zero attached hydrogens (tertiary/aromatic N) is 1. The van der Waals surface area contributed by atoms with Crippen LogP contribution in [0.15, 0.2) is 54.2 Å². The molecule has 0 aliphatic rings. The SMILES string of the molecule is COC(=O)/C=C(/Nc1ccc(-c2nc3ccc(F)cc3s2)cc1)C(=O)OC. The lowest BCUT2D eigenvalue weighted by Gasteiger charge is -2.09. The average Bonchev–Trinajstić information content (AvgIpc) is 3.10. The first kappa shape index (κ1) is 18.5. The number of fused-ring (bicyclic) bond motifs is 1. The molecular formula is C19H15FN2O4S. The zero-order chi connectivity index (χ0) is 19.4. The lowest BCUT2D eigenvalue weighted by molar-refractivity contribution is -0.138. The van der Waals surface area contributed by atoms with Crippen LogP contribution < -0.4 is 5.32 Å². The van der Waals surface area contributed by atoms with Gasteiger partial charge in [0, 0.05) is 11.3 Å². The molecule has 0 saturated carbocycles. The number of benzene rings is 2. The Morgan fingerprint density at radius 2 is 1.85 bits per heavy atom. The molecule has 138 valence electrons. The lowest BCUT2D eigenvalue weighted by atomic mass is 10.2. The molecule has 0 radical (unpaired) electrons. The summed E-state index contributed by atoms with van der Waals surface area (Å²) in [6, 6.07) is 11.5. The molecule has 1 N–H and O–H groups in total. The topological polar surface area (TPSA) is 77.5 Å². The Bertz CT molecular complexity index is 1030. The quantitative estimate of drug-likeness (QED) is 0.532. The predicted octanol–water partition coefficient (Wildman–Crippen LogP) is 3.74. The summed E-state index contributed by atoms with van der Waals surface area (Å²) in [5.41, 5.74) is 2.10. The molecule has 0 unspecified atom stereocenters. The summed E-state index contributed by atoms with van der Waals surface area (Å²) >= 11 is 1.39. The average molecular weight is 386 g/mol. The zero-order valence-corrected chi connectivity index (χ0v) is 15.3. The number of ether oxygens (including phenoxy) is 2. The Hall–Kier alpha value is -3.26. The van der Waals surface area contributed by atoms with Crippen molar-refractivity contribution in [3.8, 4) is 10.6 Å². The number of halogens is 1. The van der Waals surface area contributed by atoms with Crippen LogP contribution in [0.25, 0.3) is 20.8 Å². The number of carbonyl (C=O) groups is 2. The van der Waals surface area contributed by atoms with Gasteiger partial charge >= 0.3 is 11.9 Å². The molecule has 2 aromatic carbocycles. The van der Waals surface area contributed by atoms with Crippen LogP contribution in [0.4, 0.5) is 10.1 Å². The Morgan fingerprint density at radius 3 is 2.52 bits per heavy atom. The molecule has 0 bridgehead atoms. The Balaban J connectivity index is 1.84. The van der Waals surface area contributed by atoms with Gasteiger partial charge in [-0.1, -0.05) is 0 Å². The van der Waals surface area contributed by atoms with E-state index in [0.717, 1.165) is 26.9 Å². The third-order valence-electron chi connectivity index (χ3n) is 3.63. The highest BCUT2D eigenvalue weighted by atomic mass is 32.1. The van der Waals surface area contributed by atoms with Gasteiger partial charge in [0.15, 0.2) is 0 Å². The minimum atomic E-state index is -0.697. The number of carbonyl (C=O) groups excluding carboxylic acids is 2. The summed E-state index contributed by atoms with van der Waals surface area (Å²) in [7, 11) is 2.43. The number of hydrogen-bond donors (Lipinski definition) is 1. The Labute approximate surface area is 158 Å². The van der Waals surface area contributed by atoms with E-state index in [1.54, 1.807) is 18.2 Å². The summed E-state index contributed by atoms with van der Waals surface area (Å²) in [4.78, 5) is 27.7. The zero-order valence-electron chi connectivity index (χ0n) is 14.5. The third kappa shape index (κ3) is 4.29. The molecular weight excluding hydrogens is 371 g/mol. The first-order valence-electron chi connectivity index (χ1n) is 7.81. The first-order valence-corrected chi connectivity index (χ1v) is 8.63. The molecule has 3 rings (SSSR count). The molecule has 3 aromatic rings. The fourth-order valence-corrected chi connectivity index (χ4v) is 3.30. The highest BCUT2D eigenvalue weighted by molar-refractivity contribution is 7.21. The highest BCUT2D eigenvalue weighted by Gasteiger charge is 2.13. The number of thiazole rings is 1. The number of methoxy groups -OCH3 is 2. The molecule has 0 amide bonds. The van der Waals surface area contributed by atoms with E-state index in [2.05, 4.69) is 19.8 Å². The van der Waals surface area contributed by atoms with Gasteiger partial charge in [0.1, 0.15) is 16.5 Å². The van der Waals surface area contributed by atoms with Crippen LogP contribution >= 0.6 is 11.3 Å². The molecule has 1 heterocycles. The van der Waals surface area contributed by atoms with Gasteiger partial charge < -0.3 is 14.8 Å². The second-order valence-electron chi connectivity index (χ2n) is 5.41. The van der Waals surface area contributed by atoms with Crippen molar-refractivity contribution in [2.75, 3.05) is 19.5 Å². The van der Waals surface area contributed by atoms with Gasteiger partial charge in [-0.25, -0.2) is 19.0 Å². The fourth-order valence-electron chi connectivity index (χ4n) is 2.31. The number of rotatable bonds is 5. The van der Waals surface area contributed by atoms with E-state index in [-0.39, 0.29) is 11.5 Å². The largest absolute Gasteiger partial charge is 0.466 e. The normalized spacial score (nSPS) is 11.3. The fraction of sp³-hybridized carbons (Fsp3) is 0.105. The number of nitrogens with one attached hydrogen (secondary N) is 1. The molecule has 0 fully saturated rings. The number of aromatic nitrogens is 1. The van der Waals surface area contributed by atoms with Crippen molar-refractivity contribution >= 4 is 39.2 Å². The minimum absolute atomic E-state index is 0.0486. The van der Waals surface area contributed by atoms with E-state index in [1.165, 1.54) is 37.7 Å². The summed E-state index contributed by atoms with van der Waals surface area (Å²) in [5.74, 6) is -1.68. The van der Waals surface area contributed by atoms with Gasteiger partial charge in [-0.3, -0.25) is 0 Å². The molecule has 0 aliphatic carbocycles. The predicted molar refractivity (Wildman–Crippen MR) is 101 cm³/mol. The first-order chi connectivity index (χ1) is 13.0. The summed E-state index contributed by atoms with van der Waals surface area (Å²) in [5, 5.41) is 3.58. The van der Waals surface area contributed by atoms with Crippen LogP contribution in [0.2, 0.25) is 0 Å². The van der Waals surface area contributed by atoms with Crippen LogP contribution in [-0.2, 0) is 19.1 Å². The van der Waals surface area contributed by atoms with E-state index in [9.17, 15) is 14.0 Å². The second kappa shape index (κ2) is 7.96. The number of hydrogen-bond acceptors (Lipinski definition) is 7. The van der Waals surface area contributed by atoms with E-state index >= 15 is 0 Å². The maximum Gasteiger partial charge on any atom is 0.354 e. The lowest BCUT2D eigenvalue weighted by Crippen LogP contribution is -2.15. The van der Waals surface area contributed by atoms with Crippen molar-refractivity contribution in [3.05, 3.63) is 60.1 Å². The van der Waals surface area contributed by atoms with Crippen molar-refractivity contribution in [3.63, 3.8) is 0 Å². The maximum absolute atomic E-state index is 13.3. The number of anilines is 1. The summed E-state index contributed by atoms with van der Waals surface area (Å²) < 4.78 is 23.3. The third-order valence-corrected chi connectivity index (χ3v) is 4.70. The van der Waals surface area contributed by atoms with Crippen LogP contribution in [0.5, 0.6) is 0 Å². The van der Waals surface area contributed by atoms with Crippen LogP contribution in [0.1, 0.15) is 0 Å². The molecule has 8 heteroatoms. The van der Waals surface area contributed by atoms with Gasteiger partial charge in [0.25, 0.3) is 0 Å². The smallest absolute Gasteiger partial charge is 0.354 e. The molecule has 0 saturated heterocycles. The standard InChI is InChI=1S/C19H15FN2O4S/c1-25-17(23)10-15(19(24)26-2)21-13-6-3-11(4-7-13)18-22-14-8-5-12(20)9-16(14)27-18/h3-10,21H,1-2H3/b15-10+. The van der Waals surface area contributed by atoms with Crippen molar-refractivity contribution < 1.29 is 23.5 Å². The molecule has 0 aliphatic heterocycles. The van der Waals surface area contributed by atoms with Crippen molar-refractivity contribution in [2.45, 2.75) is 0 Å². The van der Waals surface area contributed by atoms with Crippen LogP contribution in [-0.4, -0.2) is 31.1 Å². The molecule has 27 heavy (non-hydrogen) atoms. The highest BCUT2D eigenvalue weighted by Crippen LogP contribution is 2.31. The van der Waals surface area contributed by atoms with E-state index < -0.39 is 11.9 Å². The monoisotopic (exact) mass is 386 g/mol. The molecule has 0 atom stereocenters. The van der Waals surface area contributed by atoms with Crippen molar-refractivity contribution in [1.29, 1.82) is 0 Å². The summed E-state index contributed by atoms with van der Waals surface area (Å²) in [6.45, 7) is 0. The van der Waals surface area contributed by atoms with Gasteiger partial charge in [0.05, 0.1) is 30.5 Å². The number of esters is 2. The van der Waals surface area contributed by atoms with Crippen molar-refractivity contribution in [1.82, 2.24) is 4.98 Å². The van der Waals surface area contributed by atoms with E-state index in [0.29, 0.717) is 5.69 Å². The van der Waals surface area contributed by atoms with Crippen molar-refractivity contribution in [2.24, 2.45) is 0 Å². The second-order valence-corrected chi connectivity index (χ2v) is 6.44. The van der Waals surface area contributed by atoms with E-state index in [1.807, 2.05) is 12.1 Å². The molecule has 0 spiro atoms. The van der Waals surface area contributed by atoms with Gasteiger partial charge in [0.2, 0.25) is 0 Å².